The number of hydrogen-bond acceptors (Lipinski definition) is 1. The van der Waals surface area contributed by atoms with E-state index in [4.69, 9.17) is 27.9 Å². The molecule has 0 amide bonds. The molecular weight excluding hydrogens is 303 g/mol. The predicted molar refractivity (Wildman–Crippen MR) is 89.3 cm³/mol. The van der Waals surface area contributed by atoms with Gasteiger partial charge in [-0.2, -0.15) is 0 Å². The summed E-state index contributed by atoms with van der Waals surface area (Å²) in [5, 5.41) is 2.99. The Morgan fingerprint density at radius 2 is 1.52 bits per heavy atom. The average Bonchev–Trinajstić information content (AvgIpc) is 2.53. The highest BCUT2D eigenvalue weighted by Crippen LogP contribution is 2.31. The van der Waals surface area contributed by atoms with Crippen molar-refractivity contribution in [3.8, 4) is 5.75 Å². The van der Waals surface area contributed by atoms with E-state index in [9.17, 15) is 0 Å². The molecule has 106 valence electrons. The Balaban J connectivity index is 1.91. The van der Waals surface area contributed by atoms with Crippen LogP contribution in [0.2, 0.25) is 5.02 Å². The van der Waals surface area contributed by atoms with Crippen LogP contribution in [0.25, 0.3) is 10.8 Å². The fraction of sp³-hybridized carbons (Fsp3) is 0.111. The average molecular weight is 317 g/mol. The molecule has 0 atom stereocenters. The topological polar surface area (TPSA) is 9.23 Å². The summed E-state index contributed by atoms with van der Waals surface area (Å²) in [7, 11) is 0. The summed E-state index contributed by atoms with van der Waals surface area (Å²) in [5.41, 5.74) is 2.04. The van der Waals surface area contributed by atoms with Crippen LogP contribution in [0, 0.1) is 0 Å². The van der Waals surface area contributed by atoms with Gasteiger partial charge in [-0.15, -0.1) is 11.6 Å². The summed E-state index contributed by atoms with van der Waals surface area (Å²) < 4.78 is 5.94. The molecular formula is C18H14Cl2O. The summed E-state index contributed by atoms with van der Waals surface area (Å²) in [4.78, 5) is 0. The van der Waals surface area contributed by atoms with Gasteiger partial charge < -0.3 is 4.74 Å². The largest absolute Gasteiger partial charge is 0.487 e. The number of halogens is 2. The van der Waals surface area contributed by atoms with Crippen molar-refractivity contribution in [1.29, 1.82) is 0 Å². The molecule has 0 aliphatic heterocycles. The molecule has 0 spiro atoms. The molecule has 1 nitrogen and oxygen atoms in total. The predicted octanol–water partition coefficient (Wildman–Crippen LogP) is 5.81. The highest BCUT2D eigenvalue weighted by molar-refractivity contribution is 6.32. The van der Waals surface area contributed by atoms with Crippen LogP contribution in [0.5, 0.6) is 5.75 Å². The van der Waals surface area contributed by atoms with Crippen molar-refractivity contribution in [3.05, 3.63) is 76.8 Å². The van der Waals surface area contributed by atoms with Crippen molar-refractivity contribution in [3.63, 3.8) is 0 Å². The second-order valence-electron chi connectivity index (χ2n) is 4.79. The van der Waals surface area contributed by atoms with E-state index < -0.39 is 0 Å². The smallest absolute Gasteiger partial charge is 0.142 e. The zero-order valence-electron chi connectivity index (χ0n) is 11.4. The Bertz CT molecular complexity index is 763. The molecule has 0 aromatic heterocycles. The molecule has 0 bridgehead atoms. The van der Waals surface area contributed by atoms with Crippen molar-refractivity contribution in [2.45, 2.75) is 12.5 Å². The van der Waals surface area contributed by atoms with Gasteiger partial charge in [0, 0.05) is 5.56 Å². The van der Waals surface area contributed by atoms with Crippen LogP contribution in [-0.4, -0.2) is 0 Å². The zero-order chi connectivity index (χ0) is 14.7. The minimum atomic E-state index is 0.380. The highest BCUT2D eigenvalue weighted by Gasteiger charge is 2.09. The summed E-state index contributed by atoms with van der Waals surface area (Å²) in [6, 6.07) is 20.1. The molecule has 0 radical (unpaired) electrons. The fourth-order valence-electron chi connectivity index (χ4n) is 2.39. The third-order valence-corrected chi connectivity index (χ3v) is 4.03. The first-order valence-electron chi connectivity index (χ1n) is 6.72. The van der Waals surface area contributed by atoms with E-state index in [0.29, 0.717) is 23.3 Å². The Kier molecular flexibility index (Phi) is 4.33. The lowest BCUT2D eigenvalue weighted by Gasteiger charge is -2.13. The van der Waals surface area contributed by atoms with Crippen molar-refractivity contribution in [2.75, 3.05) is 0 Å². The summed E-state index contributed by atoms with van der Waals surface area (Å²) in [6.45, 7) is 0.467. The number of fused-ring (bicyclic) bond motifs is 1. The van der Waals surface area contributed by atoms with E-state index >= 15 is 0 Å². The molecule has 0 heterocycles. The number of ether oxygens (including phenoxy) is 1. The van der Waals surface area contributed by atoms with E-state index in [2.05, 4.69) is 24.3 Å². The maximum absolute atomic E-state index is 6.21. The Morgan fingerprint density at radius 1 is 0.810 bits per heavy atom. The molecule has 3 aromatic carbocycles. The van der Waals surface area contributed by atoms with Gasteiger partial charge in [0.15, 0.2) is 0 Å². The third-order valence-electron chi connectivity index (χ3n) is 3.44. The van der Waals surface area contributed by atoms with Crippen LogP contribution < -0.4 is 4.74 Å². The maximum Gasteiger partial charge on any atom is 0.142 e. The molecule has 3 heteroatoms. The van der Waals surface area contributed by atoms with E-state index in [1.807, 2.05) is 36.4 Å². The maximum atomic E-state index is 6.21. The summed E-state index contributed by atoms with van der Waals surface area (Å²) in [5.74, 6) is 1.05. The molecule has 3 aromatic rings. The van der Waals surface area contributed by atoms with Gasteiger partial charge in [-0.25, -0.2) is 0 Å². The first-order chi connectivity index (χ1) is 10.3. The lowest BCUT2D eigenvalue weighted by atomic mass is 10.1. The van der Waals surface area contributed by atoms with Crippen LogP contribution in [0.15, 0.2) is 60.7 Å². The van der Waals surface area contributed by atoms with Gasteiger partial charge in [0.2, 0.25) is 0 Å². The van der Waals surface area contributed by atoms with E-state index in [1.165, 1.54) is 10.8 Å². The minimum absolute atomic E-state index is 0.380. The summed E-state index contributed by atoms with van der Waals surface area (Å²) in [6.07, 6.45) is 0. The number of alkyl halides is 1. The molecule has 0 aliphatic carbocycles. The molecule has 0 unspecified atom stereocenters. The van der Waals surface area contributed by atoms with Crippen LogP contribution in [-0.2, 0) is 12.5 Å². The molecule has 21 heavy (non-hydrogen) atoms. The second kappa shape index (κ2) is 6.38. The van der Waals surface area contributed by atoms with Crippen molar-refractivity contribution in [1.82, 2.24) is 0 Å². The number of rotatable bonds is 4. The SMILES string of the molecule is ClCc1cccc(Cl)c1OCc1cccc2ccccc12. The van der Waals surface area contributed by atoms with Gasteiger partial charge in [0.25, 0.3) is 0 Å². The molecule has 0 N–H and O–H groups in total. The Morgan fingerprint density at radius 3 is 2.38 bits per heavy atom. The third kappa shape index (κ3) is 2.99. The quantitative estimate of drug-likeness (QED) is 0.552. The standard InChI is InChI=1S/C18H14Cl2O/c19-11-14-7-4-10-17(20)18(14)21-12-15-8-3-6-13-5-1-2-9-16(13)15/h1-10H,11-12H2. The van der Waals surface area contributed by atoms with Crippen LogP contribution in [0.4, 0.5) is 0 Å². The van der Waals surface area contributed by atoms with Gasteiger partial charge in [-0.3, -0.25) is 0 Å². The second-order valence-corrected chi connectivity index (χ2v) is 5.46. The Labute approximate surface area is 134 Å². The van der Waals surface area contributed by atoms with Crippen molar-refractivity contribution in [2.24, 2.45) is 0 Å². The van der Waals surface area contributed by atoms with Crippen LogP contribution >= 0.6 is 23.2 Å². The Hall–Kier alpha value is -1.70. The van der Waals surface area contributed by atoms with Gasteiger partial charge >= 0.3 is 0 Å². The highest BCUT2D eigenvalue weighted by atomic mass is 35.5. The van der Waals surface area contributed by atoms with E-state index in [1.54, 1.807) is 0 Å². The van der Waals surface area contributed by atoms with E-state index in [0.717, 1.165) is 11.1 Å². The van der Waals surface area contributed by atoms with E-state index in [-0.39, 0.29) is 0 Å². The molecule has 3 rings (SSSR count). The van der Waals surface area contributed by atoms with Gasteiger partial charge in [0.05, 0.1) is 10.9 Å². The molecule has 0 fully saturated rings. The number of para-hydroxylation sites is 1. The lowest BCUT2D eigenvalue weighted by molar-refractivity contribution is 0.305. The fourth-order valence-corrected chi connectivity index (χ4v) is 2.85. The first-order valence-corrected chi connectivity index (χ1v) is 7.63. The monoisotopic (exact) mass is 316 g/mol. The molecule has 0 aliphatic rings. The van der Waals surface area contributed by atoms with Crippen molar-refractivity contribution < 1.29 is 4.74 Å². The molecule has 0 saturated heterocycles. The van der Waals surface area contributed by atoms with Crippen LogP contribution in [0.1, 0.15) is 11.1 Å². The van der Waals surface area contributed by atoms with Gasteiger partial charge in [-0.05, 0) is 22.4 Å². The minimum Gasteiger partial charge on any atom is -0.487 e. The first kappa shape index (κ1) is 14.2. The number of hydrogen-bond donors (Lipinski definition) is 0. The summed E-state index contributed by atoms with van der Waals surface area (Å²) >= 11 is 12.2. The number of benzene rings is 3. The van der Waals surface area contributed by atoms with Gasteiger partial charge in [0.1, 0.15) is 12.4 Å². The lowest BCUT2D eigenvalue weighted by Crippen LogP contribution is -1.99. The normalized spacial score (nSPS) is 10.8. The van der Waals surface area contributed by atoms with Crippen molar-refractivity contribution >= 4 is 34.0 Å². The zero-order valence-corrected chi connectivity index (χ0v) is 12.9. The van der Waals surface area contributed by atoms with Gasteiger partial charge in [-0.1, -0.05) is 66.2 Å². The molecule has 0 saturated carbocycles. The van der Waals surface area contributed by atoms with Crippen LogP contribution in [0.3, 0.4) is 0 Å².